The highest BCUT2D eigenvalue weighted by Crippen LogP contribution is 2.20. The summed E-state index contributed by atoms with van der Waals surface area (Å²) in [6.07, 6.45) is 5.33. The van der Waals surface area contributed by atoms with Crippen LogP contribution in [0.15, 0.2) is 29.6 Å². The molecule has 3 rings (SSSR count). The molecule has 0 saturated carbocycles. The number of phenols is 1. The van der Waals surface area contributed by atoms with E-state index in [-0.39, 0.29) is 66.7 Å². The van der Waals surface area contributed by atoms with Gasteiger partial charge in [0.05, 0.1) is 11.0 Å². The van der Waals surface area contributed by atoms with Gasteiger partial charge in [0, 0.05) is 36.7 Å². The third-order valence-corrected chi connectivity index (χ3v) is 10.5. The lowest BCUT2D eigenvalue weighted by Gasteiger charge is -2.35. The molecule has 1 aliphatic heterocycles. The molecule has 52 heavy (non-hydrogen) atoms. The molecule has 1 fully saturated rings. The lowest BCUT2D eigenvalue weighted by atomic mass is 9.95. The zero-order chi connectivity index (χ0) is 38.4. The fourth-order valence-electron chi connectivity index (χ4n) is 6.18. The molecule has 0 aliphatic carbocycles. The molecule has 1 saturated heterocycles. The van der Waals surface area contributed by atoms with Crippen LogP contribution in [0.25, 0.3) is 0 Å². The van der Waals surface area contributed by atoms with Crippen molar-refractivity contribution in [2.45, 2.75) is 111 Å². The molecule has 1 aliphatic rings. The van der Waals surface area contributed by atoms with E-state index in [9.17, 15) is 29.1 Å². The second-order valence-electron chi connectivity index (χ2n) is 14.5. The molecule has 5 N–H and O–H groups in total. The molecule has 2 heterocycles. The number of rotatable bonds is 20. The highest BCUT2D eigenvalue weighted by atomic mass is 32.1. The summed E-state index contributed by atoms with van der Waals surface area (Å²) in [7, 11) is 1.93. The van der Waals surface area contributed by atoms with Crippen molar-refractivity contribution in [3.63, 3.8) is 0 Å². The Morgan fingerprint density at radius 2 is 1.81 bits per heavy atom. The number of nitrogens with zero attached hydrogens (tertiary/aromatic N) is 3. The van der Waals surface area contributed by atoms with Gasteiger partial charge in [0.15, 0.2) is 6.73 Å². The normalized spacial score (nSPS) is 17.1. The summed E-state index contributed by atoms with van der Waals surface area (Å²) in [5.41, 5.74) is 6.63. The van der Waals surface area contributed by atoms with Crippen molar-refractivity contribution in [2.75, 3.05) is 26.9 Å². The van der Waals surface area contributed by atoms with Gasteiger partial charge in [0.2, 0.25) is 17.7 Å². The van der Waals surface area contributed by atoms with E-state index in [4.69, 9.17) is 10.5 Å². The number of likely N-dealkylation sites (tertiary alicyclic amines) is 1. The number of aromatic nitrogens is 1. The number of piperidine rings is 1. The molecule has 288 valence electrons. The number of aryl methyl sites for hydroxylation is 1. The standard InChI is InChI=1S/C38H58N6O7S/c1-7-25(4)34(42-37(49)31-11-8-9-17-43(31)6)38(50)44(23-51-33(46)19-24(2)3)18-10-12-32-41-30(22-52-32)36(48)40-28(20-26(5)35(39)47)21-27-13-15-29(45)16-14-27/h13-16,22,24-26,28,31,34,45H,7-12,17-21,23H2,1-6H3,(H2,39,47)(H,40,48)(H,42,49). The number of benzene rings is 1. The molecule has 2 aromatic rings. The predicted octanol–water partition coefficient (Wildman–Crippen LogP) is 4.02. The Morgan fingerprint density at radius 1 is 1.10 bits per heavy atom. The second kappa shape index (κ2) is 20.9. The number of nitrogens with one attached hydrogen (secondary N) is 2. The van der Waals surface area contributed by atoms with Crippen molar-refractivity contribution in [2.24, 2.45) is 23.5 Å². The average Bonchev–Trinajstić information content (AvgIpc) is 3.58. The maximum absolute atomic E-state index is 14.1. The van der Waals surface area contributed by atoms with Gasteiger partial charge in [0.1, 0.15) is 17.5 Å². The number of thiazole rings is 1. The van der Waals surface area contributed by atoms with Crippen LogP contribution < -0.4 is 16.4 Å². The summed E-state index contributed by atoms with van der Waals surface area (Å²) in [4.78, 5) is 73.1. The van der Waals surface area contributed by atoms with Crippen LogP contribution in [0, 0.1) is 17.8 Å². The molecule has 0 radical (unpaired) electrons. The van der Waals surface area contributed by atoms with Gasteiger partial charge >= 0.3 is 5.97 Å². The van der Waals surface area contributed by atoms with E-state index >= 15 is 0 Å². The number of carbonyl (C=O) groups is 5. The van der Waals surface area contributed by atoms with Gasteiger partial charge in [-0.3, -0.25) is 28.9 Å². The van der Waals surface area contributed by atoms with E-state index in [1.54, 1.807) is 36.6 Å². The quantitative estimate of drug-likeness (QED) is 0.115. The summed E-state index contributed by atoms with van der Waals surface area (Å²) in [6.45, 7) is 10.3. The molecule has 1 aromatic heterocycles. The van der Waals surface area contributed by atoms with Gasteiger partial charge < -0.3 is 31.1 Å². The zero-order valence-electron chi connectivity index (χ0n) is 31.6. The molecular weight excluding hydrogens is 685 g/mol. The van der Waals surface area contributed by atoms with E-state index in [2.05, 4.69) is 15.6 Å². The minimum absolute atomic E-state index is 0.0993. The van der Waals surface area contributed by atoms with E-state index in [0.29, 0.717) is 37.1 Å². The first-order chi connectivity index (χ1) is 24.7. The van der Waals surface area contributed by atoms with Crippen molar-refractivity contribution in [3.05, 3.63) is 45.9 Å². The highest BCUT2D eigenvalue weighted by Gasteiger charge is 2.34. The van der Waals surface area contributed by atoms with Crippen molar-refractivity contribution in [1.82, 2.24) is 25.4 Å². The van der Waals surface area contributed by atoms with Crippen molar-refractivity contribution in [1.29, 1.82) is 0 Å². The number of primary amides is 1. The van der Waals surface area contributed by atoms with Crippen LogP contribution in [-0.2, 0) is 36.8 Å². The molecule has 4 amide bonds. The van der Waals surface area contributed by atoms with Gasteiger partial charge in [0.25, 0.3) is 5.91 Å². The first-order valence-corrected chi connectivity index (χ1v) is 19.3. The van der Waals surface area contributed by atoms with Crippen LogP contribution in [-0.4, -0.2) is 94.5 Å². The molecule has 1 aromatic carbocycles. The second-order valence-corrected chi connectivity index (χ2v) is 15.5. The lowest BCUT2D eigenvalue weighted by Crippen LogP contribution is -2.57. The number of amides is 4. The Kier molecular flexibility index (Phi) is 17.0. The van der Waals surface area contributed by atoms with E-state index < -0.39 is 29.9 Å². The summed E-state index contributed by atoms with van der Waals surface area (Å²) in [5, 5.41) is 18.0. The zero-order valence-corrected chi connectivity index (χ0v) is 32.4. The Hall–Kier alpha value is -4.04. The van der Waals surface area contributed by atoms with Gasteiger partial charge in [-0.1, -0.05) is 59.6 Å². The average molecular weight is 743 g/mol. The summed E-state index contributed by atoms with van der Waals surface area (Å²) in [5.74, 6) is -2.09. The molecule has 14 heteroatoms. The van der Waals surface area contributed by atoms with Crippen molar-refractivity contribution in [3.8, 4) is 5.75 Å². The van der Waals surface area contributed by atoms with Crippen LogP contribution in [0.3, 0.4) is 0 Å². The van der Waals surface area contributed by atoms with E-state index in [1.807, 2.05) is 39.6 Å². The van der Waals surface area contributed by atoms with Gasteiger partial charge in [-0.05, 0) is 75.2 Å². The Bertz CT molecular complexity index is 1480. The molecule has 5 unspecified atom stereocenters. The lowest BCUT2D eigenvalue weighted by molar-refractivity contribution is -0.155. The van der Waals surface area contributed by atoms with Crippen LogP contribution >= 0.6 is 11.3 Å². The number of likely N-dealkylation sites (N-methyl/N-ethyl adjacent to an activating group) is 1. The number of hydrogen-bond donors (Lipinski definition) is 4. The van der Waals surface area contributed by atoms with Gasteiger partial charge in [-0.25, -0.2) is 4.98 Å². The Morgan fingerprint density at radius 3 is 2.44 bits per heavy atom. The van der Waals surface area contributed by atoms with Crippen molar-refractivity contribution >= 4 is 40.9 Å². The summed E-state index contributed by atoms with van der Waals surface area (Å²) >= 11 is 1.33. The molecule has 0 bridgehead atoms. The topological polar surface area (TPSA) is 184 Å². The maximum atomic E-state index is 14.1. The van der Waals surface area contributed by atoms with E-state index in [0.717, 1.165) is 31.4 Å². The number of esters is 1. The number of aromatic hydroxyl groups is 1. The van der Waals surface area contributed by atoms with Crippen molar-refractivity contribution < 1.29 is 33.8 Å². The smallest absolute Gasteiger partial charge is 0.307 e. The molecular formula is C38H58N6O7S. The molecule has 13 nitrogen and oxygen atoms in total. The molecule has 0 spiro atoms. The predicted molar refractivity (Wildman–Crippen MR) is 200 cm³/mol. The van der Waals surface area contributed by atoms with Crippen LogP contribution in [0.2, 0.25) is 0 Å². The summed E-state index contributed by atoms with van der Waals surface area (Å²) in [6, 6.07) is 5.19. The first-order valence-electron chi connectivity index (χ1n) is 18.5. The fourth-order valence-corrected chi connectivity index (χ4v) is 7.00. The van der Waals surface area contributed by atoms with Crippen LogP contribution in [0.4, 0.5) is 0 Å². The summed E-state index contributed by atoms with van der Waals surface area (Å²) < 4.78 is 5.54. The number of hydrogen-bond acceptors (Lipinski definition) is 10. The van der Waals surface area contributed by atoms with E-state index in [1.165, 1.54) is 16.2 Å². The van der Waals surface area contributed by atoms with Gasteiger partial charge in [-0.2, -0.15) is 0 Å². The third kappa shape index (κ3) is 13.5. The maximum Gasteiger partial charge on any atom is 0.307 e. The third-order valence-electron chi connectivity index (χ3n) is 9.60. The molecule has 5 atom stereocenters. The monoisotopic (exact) mass is 742 g/mol. The minimum Gasteiger partial charge on any atom is -0.508 e. The van der Waals surface area contributed by atoms with Crippen LogP contribution in [0.5, 0.6) is 5.75 Å². The SMILES string of the molecule is CCC(C)C(NC(=O)C1CCCCN1C)C(=O)N(CCCc1nc(C(=O)NC(Cc2ccc(O)cc2)CC(C)C(N)=O)cs1)COC(=O)CC(C)C. The number of carbonyl (C=O) groups excluding carboxylic acids is 5. The highest BCUT2D eigenvalue weighted by molar-refractivity contribution is 7.09. The Balaban J connectivity index is 1.69. The number of phenolic OH excluding ortho intramolecular Hbond substituents is 1. The number of nitrogens with two attached hydrogens (primary N) is 1. The van der Waals surface area contributed by atoms with Gasteiger partial charge in [-0.15, -0.1) is 11.3 Å². The minimum atomic E-state index is -0.779. The largest absolute Gasteiger partial charge is 0.508 e. The Labute approximate surface area is 312 Å². The van der Waals surface area contributed by atoms with Crippen LogP contribution in [0.1, 0.15) is 101 Å². The number of ether oxygens (including phenoxy) is 1. The fraction of sp³-hybridized carbons (Fsp3) is 0.632. The first kappa shape index (κ1) is 42.4.